The van der Waals surface area contributed by atoms with Crippen molar-refractivity contribution in [3.63, 3.8) is 0 Å². The number of aliphatic hydroxyl groups excluding tert-OH is 1. The van der Waals surface area contributed by atoms with E-state index in [1.54, 1.807) is 11.8 Å². The summed E-state index contributed by atoms with van der Waals surface area (Å²) in [6, 6.07) is 3.34. The van der Waals surface area contributed by atoms with E-state index in [0.717, 1.165) is 0 Å². The summed E-state index contributed by atoms with van der Waals surface area (Å²) in [5.74, 6) is -1.44. The van der Waals surface area contributed by atoms with Gasteiger partial charge in [-0.15, -0.1) is 0 Å². The third-order valence-electron chi connectivity index (χ3n) is 3.21. The highest BCUT2D eigenvalue weighted by Gasteiger charge is 2.15. The van der Waals surface area contributed by atoms with Crippen molar-refractivity contribution in [2.24, 2.45) is 0 Å². The van der Waals surface area contributed by atoms with Crippen LogP contribution in [0, 0.1) is 11.6 Å². The third kappa shape index (κ3) is 5.77. The summed E-state index contributed by atoms with van der Waals surface area (Å²) in [6.45, 7) is 4.79. The lowest BCUT2D eigenvalue weighted by molar-refractivity contribution is -0.122. The molecule has 0 aliphatic heterocycles. The maximum Gasteiger partial charge on any atom is 0.234 e. The maximum atomic E-state index is 13.5. The van der Waals surface area contributed by atoms with Crippen molar-refractivity contribution in [1.82, 2.24) is 10.2 Å². The second-order valence-corrected chi connectivity index (χ2v) is 4.97. The zero-order valence-corrected chi connectivity index (χ0v) is 12.4. The molecule has 0 spiro atoms. The summed E-state index contributed by atoms with van der Waals surface area (Å²) in [4.78, 5) is 13.6. The van der Waals surface area contributed by atoms with Crippen LogP contribution in [0.4, 0.5) is 8.78 Å². The van der Waals surface area contributed by atoms with E-state index in [1.807, 2.05) is 6.92 Å². The van der Waals surface area contributed by atoms with Crippen LogP contribution in [0.5, 0.6) is 0 Å². The van der Waals surface area contributed by atoms with Crippen LogP contribution in [0.25, 0.3) is 0 Å². The molecule has 0 aliphatic carbocycles. The molecule has 1 atom stereocenters. The van der Waals surface area contributed by atoms with Crippen LogP contribution in [-0.4, -0.2) is 48.2 Å². The van der Waals surface area contributed by atoms with Crippen molar-refractivity contribution in [3.8, 4) is 0 Å². The monoisotopic (exact) mass is 300 g/mol. The molecule has 0 aliphatic rings. The average molecular weight is 300 g/mol. The average Bonchev–Trinajstić information content (AvgIpc) is 2.42. The number of hydrogen-bond acceptors (Lipinski definition) is 3. The number of nitrogens with one attached hydrogen (secondary N) is 1. The van der Waals surface area contributed by atoms with Crippen molar-refractivity contribution in [2.75, 3.05) is 26.2 Å². The van der Waals surface area contributed by atoms with Gasteiger partial charge in [0.05, 0.1) is 13.2 Å². The summed E-state index contributed by atoms with van der Waals surface area (Å²) in [6.07, 6.45) is 0.0936. The summed E-state index contributed by atoms with van der Waals surface area (Å²) in [7, 11) is 0. The van der Waals surface area contributed by atoms with Crippen LogP contribution in [-0.2, 0) is 11.2 Å². The van der Waals surface area contributed by atoms with E-state index in [2.05, 4.69) is 5.32 Å². The third-order valence-corrected chi connectivity index (χ3v) is 3.21. The number of halogens is 2. The van der Waals surface area contributed by atoms with Crippen molar-refractivity contribution in [3.05, 3.63) is 35.4 Å². The molecule has 118 valence electrons. The first kappa shape index (κ1) is 17.5. The van der Waals surface area contributed by atoms with Crippen molar-refractivity contribution >= 4 is 5.91 Å². The van der Waals surface area contributed by atoms with Gasteiger partial charge in [0.2, 0.25) is 5.91 Å². The van der Waals surface area contributed by atoms with Crippen LogP contribution in [0.2, 0.25) is 0 Å². The molecule has 0 radical (unpaired) electrons. The molecule has 0 saturated carbocycles. The molecule has 1 rings (SSSR count). The van der Waals surface area contributed by atoms with Gasteiger partial charge >= 0.3 is 0 Å². The molecular formula is C15H22F2N2O2. The largest absolute Gasteiger partial charge is 0.395 e. The fraction of sp³-hybridized carbons (Fsp3) is 0.533. The van der Waals surface area contributed by atoms with Crippen LogP contribution < -0.4 is 5.32 Å². The Morgan fingerprint density at radius 2 is 2.00 bits per heavy atom. The van der Waals surface area contributed by atoms with Crippen LogP contribution in [0.3, 0.4) is 0 Å². The van der Waals surface area contributed by atoms with Gasteiger partial charge in [-0.25, -0.2) is 8.78 Å². The SMILES string of the molecule is CCN(CCO)CC(=O)NC(C)Cc1c(F)cccc1F. The van der Waals surface area contributed by atoms with Crippen LogP contribution >= 0.6 is 0 Å². The van der Waals surface area contributed by atoms with E-state index in [9.17, 15) is 13.6 Å². The highest BCUT2D eigenvalue weighted by molar-refractivity contribution is 5.78. The first-order valence-corrected chi connectivity index (χ1v) is 7.03. The van der Waals surface area contributed by atoms with Crippen LogP contribution in [0.1, 0.15) is 19.4 Å². The second kappa shape index (κ2) is 8.69. The molecule has 1 aromatic carbocycles. The molecule has 0 heterocycles. The lowest BCUT2D eigenvalue weighted by atomic mass is 10.1. The Balaban J connectivity index is 2.53. The molecule has 21 heavy (non-hydrogen) atoms. The topological polar surface area (TPSA) is 52.6 Å². The Morgan fingerprint density at radius 1 is 1.38 bits per heavy atom. The fourth-order valence-electron chi connectivity index (χ4n) is 2.10. The van der Waals surface area contributed by atoms with Gasteiger partial charge in [0.15, 0.2) is 0 Å². The molecule has 1 amide bonds. The lowest BCUT2D eigenvalue weighted by Gasteiger charge is -2.20. The zero-order valence-electron chi connectivity index (χ0n) is 12.4. The highest BCUT2D eigenvalue weighted by Crippen LogP contribution is 2.14. The molecular weight excluding hydrogens is 278 g/mol. The van der Waals surface area contributed by atoms with Crippen molar-refractivity contribution < 1.29 is 18.7 Å². The van der Waals surface area contributed by atoms with Gasteiger partial charge in [0, 0.05) is 18.2 Å². The van der Waals surface area contributed by atoms with Crippen molar-refractivity contribution in [2.45, 2.75) is 26.3 Å². The lowest BCUT2D eigenvalue weighted by Crippen LogP contribution is -2.42. The van der Waals surface area contributed by atoms with E-state index in [-0.39, 0.29) is 37.1 Å². The Morgan fingerprint density at radius 3 is 2.52 bits per heavy atom. The van der Waals surface area contributed by atoms with Gasteiger partial charge < -0.3 is 10.4 Å². The molecule has 4 nitrogen and oxygen atoms in total. The smallest absolute Gasteiger partial charge is 0.234 e. The summed E-state index contributed by atoms with van der Waals surface area (Å²) in [5.41, 5.74) is -0.0204. The molecule has 0 saturated heterocycles. The number of benzene rings is 1. The second-order valence-electron chi connectivity index (χ2n) is 4.97. The minimum absolute atomic E-state index is 0.0168. The molecule has 0 fully saturated rings. The number of carbonyl (C=O) groups excluding carboxylic acids is 1. The maximum absolute atomic E-state index is 13.5. The molecule has 0 aromatic heterocycles. The van der Waals surface area contributed by atoms with E-state index in [0.29, 0.717) is 13.1 Å². The molecule has 0 bridgehead atoms. The van der Waals surface area contributed by atoms with E-state index in [4.69, 9.17) is 5.11 Å². The highest BCUT2D eigenvalue weighted by atomic mass is 19.1. The number of likely N-dealkylation sites (N-methyl/N-ethyl adjacent to an activating group) is 1. The first-order valence-electron chi connectivity index (χ1n) is 7.03. The molecule has 1 aromatic rings. The molecule has 1 unspecified atom stereocenters. The normalized spacial score (nSPS) is 12.5. The predicted octanol–water partition coefficient (Wildman–Crippen LogP) is 1.33. The number of aliphatic hydroxyl groups is 1. The van der Waals surface area contributed by atoms with Crippen molar-refractivity contribution in [1.29, 1.82) is 0 Å². The van der Waals surface area contributed by atoms with Gasteiger partial charge in [0.1, 0.15) is 11.6 Å². The Kier molecular flexibility index (Phi) is 7.25. The zero-order chi connectivity index (χ0) is 15.8. The Hall–Kier alpha value is -1.53. The Labute approximate surface area is 123 Å². The number of nitrogens with zero attached hydrogens (tertiary/aromatic N) is 1. The minimum Gasteiger partial charge on any atom is -0.395 e. The van der Waals surface area contributed by atoms with E-state index in [1.165, 1.54) is 18.2 Å². The fourth-order valence-corrected chi connectivity index (χ4v) is 2.10. The van der Waals surface area contributed by atoms with Gasteiger partial charge in [-0.2, -0.15) is 0 Å². The Bertz CT molecular complexity index is 449. The number of amides is 1. The first-order chi connectivity index (χ1) is 9.97. The quantitative estimate of drug-likeness (QED) is 0.761. The van der Waals surface area contributed by atoms with E-state index < -0.39 is 11.6 Å². The number of carbonyl (C=O) groups is 1. The molecule has 6 heteroatoms. The molecule has 2 N–H and O–H groups in total. The predicted molar refractivity (Wildman–Crippen MR) is 76.9 cm³/mol. The number of hydrogen-bond donors (Lipinski definition) is 2. The minimum atomic E-state index is -0.605. The summed E-state index contributed by atoms with van der Waals surface area (Å²) < 4.78 is 27.0. The van der Waals surface area contributed by atoms with Gasteiger partial charge in [0.25, 0.3) is 0 Å². The van der Waals surface area contributed by atoms with Gasteiger partial charge in [-0.1, -0.05) is 13.0 Å². The summed E-state index contributed by atoms with van der Waals surface area (Å²) >= 11 is 0. The van der Waals surface area contributed by atoms with Gasteiger partial charge in [-0.05, 0) is 32.0 Å². The number of rotatable bonds is 8. The standard InChI is InChI=1S/C15H22F2N2O2/c1-3-19(7-8-20)10-15(21)18-11(2)9-12-13(16)5-4-6-14(12)17/h4-6,11,20H,3,7-10H2,1-2H3,(H,18,21). The van der Waals surface area contributed by atoms with Gasteiger partial charge in [-0.3, -0.25) is 9.69 Å². The summed E-state index contributed by atoms with van der Waals surface area (Å²) in [5, 5.41) is 11.6. The van der Waals surface area contributed by atoms with E-state index >= 15 is 0 Å². The van der Waals surface area contributed by atoms with Crippen LogP contribution in [0.15, 0.2) is 18.2 Å².